The number of aryl methyl sites for hydroxylation is 1. The number of nitrogens with zero attached hydrogens (tertiary/aromatic N) is 1. The van der Waals surface area contributed by atoms with Gasteiger partial charge in [-0.1, -0.05) is 17.7 Å². The van der Waals surface area contributed by atoms with Crippen LogP contribution in [-0.2, 0) is 4.74 Å². The zero-order valence-electron chi connectivity index (χ0n) is 10.2. The van der Waals surface area contributed by atoms with Gasteiger partial charge in [0.15, 0.2) is 0 Å². The highest BCUT2D eigenvalue weighted by Crippen LogP contribution is 2.12. The lowest BCUT2D eigenvalue weighted by molar-refractivity contribution is 0.0519. The second-order valence-corrected chi connectivity index (χ2v) is 3.81. The Morgan fingerprint density at radius 1 is 1.44 bits per heavy atom. The highest BCUT2D eigenvalue weighted by Gasteiger charge is 2.09. The van der Waals surface area contributed by atoms with Crippen LogP contribution in [0.25, 0.3) is 6.08 Å². The fourth-order valence-electron chi connectivity index (χ4n) is 1.35. The standard InChI is InChI=1S/C13H17NO2/c1-5-16-13(15)12-7-6-11(8-9(2)3)10(4)14-12/h6-8H,5H2,1-4H3. The summed E-state index contributed by atoms with van der Waals surface area (Å²) in [7, 11) is 0. The lowest BCUT2D eigenvalue weighted by atomic mass is 10.1. The highest BCUT2D eigenvalue weighted by molar-refractivity contribution is 5.87. The monoisotopic (exact) mass is 219 g/mol. The zero-order chi connectivity index (χ0) is 12.1. The maximum atomic E-state index is 11.4. The van der Waals surface area contributed by atoms with Crippen LogP contribution < -0.4 is 0 Å². The van der Waals surface area contributed by atoms with Crippen LogP contribution in [0.1, 0.15) is 42.5 Å². The number of aromatic nitrogens is 1. The van der Waals surface area contributed by atoms with Gasteiger partial charge in [-0.25, -0.2) is 9.78 Å². The summed E-state index contributed by atoms with van der Waals surface area (Å²) in [6, 6.07) is 3.58. The van der Waals surface area contributed by atoms with E-state index in [0.29, 0.717) is 12.3 Å². The summed E-state index contributed by atoms with van der Waals surface area (Å²) in [5, 5.41) is 0. The second-order valence-electron chi connectivity index (χ2n) is 3.81. The molecular formula is C13H17NO2. The molecule has 0 saturated heterocycles. The Kier molecular flexibility index (Phi) is 4.23. The van der Waals surface area contributed by atoms with Crippen molar-refractivity contribution in [2.24, 2.45) is 0 Å². The van der Waals surface area contributed by atoms with Gasteiger partial charge in [0.25, 0.3) is 0 Å². The van der Waals surface area contributed by atoms with Crippen LogP contribution in [0, 0.1) is 6.92 Å². The van der Waals surface area contributed by atoms with Crippen LogP contribution >= 0.6 is 0 Å². The Morgan fingerprint density at radius 2 is 2.12 bits per heavy atom. The third kappa shape index (κ3) is 3.19. The number of pyridine rings is 1. The molecule has 0 fully saturated rings. The van der Waals surface area contributed by atoms with E-state index >= 15 is 0 Å². The fourth-order valence-corrected chi connectivity index (χ4v) is 1.35. The molecule has 16 heavy (non-hydrogen) atoms. The fraction of sp³-hybridized carbons (Fsp3) is 0.385. The molecule has 0 radical (unpaired) electrons. The number of allylic oxidation sites excluding steroid dienone is 1. The SMILES string of the molecule is CCOC(=O)c1ccc(C=C(C)C)c(C)n1. The van der Waals surface area contributed by atoms with E-state index in [1.54, 1.807) is 13.0 Å². The summed E-state index contributed by atoms with van der Waals surface area (Å²) in [6.45, 7) is 8.09. The quantitative estimate of drug-likeness (QED) is 0.733. The van der Waals surface area contributed by atoms with Gasteiger partial charge in [-0.15, -0.1) is 0 Å². The molecule has 0 saturated carbocycles. The molecule has 1 heterocycles. The minimum absolute atomic E-state index is 0.366. The molecule has 3 heteroatoms. The Bertz CT molecular complexity index is 418. The predicted molar refractivity (Wildman–Crippen MR) is 64.3 cm³/mol. The van der Waals surface area contributed by atoms with Gasteiger partial charge in [0.1, 0.15) is 5.69 Å². The van der Waals surface area contributed by atoms with Crippen molar-refractivity contribution in [3.63, 3.8) is 0 Å². The van der Waals surface area contributed by atoms with E-state index in [0.717, 1.165) is 11.3 Å². The Hall–Kier alpha value is -1.64. The molecule has 0 atom stereocenters. The predicted octanol–water partition coefficient (Wildman–Crippen LogP) is 2.99. The first-order valence-electron chi connectivity index (χ1n) is 5.34. The van der Waals surface area contributed by atoms with Crippen molar-refractivity contribution in [2.75, 3.05) is 6.61 Å². The first-order valence-corrected chi connectivity index (χ1v) is 5.34. The Morgan fingerprint density at radius 3 is 2.62 bits per heavy atom. The van der Waals surface area contributed by atoms with Gasteiger partial charge in [0, 0.05) is 5.69 Å². The van der Waals surface area contributed by atoms with E-state index in [1.165, 1.54) is 5.57 Å². The second kappa shape index (κ2) is 5.45. The number of carbonyl (C=O) groups is 1. The van der Waals surface area contributed by atoms with Gasteiger partial charge < -0.3 is 4.74 Å². The van der Waals surface area contributed by atoms with Crippen LogP contribution in [0.15, 0.2) is 17.7 Å². The molecule has 1 rings (SSSR count). The van der Waals surface area contributed by atoms with Crippen LogP contribution in [0.5, 0.6) is 0 Å². The summed E-state index contributed by atoms with van der Waals surface area (Å²) in [5.74, 6) is -0.366. The average molecular weight is 219 g/mol. The molecule has 0 amide bonds. The summed E-state index contributed by atoms with van der Waals surface area (Å²) < 4.78 is 4.89. The van der Waals surface area contributed by atoms with E-state index in [4.69, 9.17) is 4.74 Å². The Labute approximate surface area is 96.2 Å². The summed E-state index contributed by atoms with van der Waals surface area (Å²) >= 11 is 0. The molecule has 0 aliphatic rings. The van der Waals surface area contributed by atoms with E-state index < -0.39 is 0 Å². The molecule has 86 valence electrons. The summed E-state index contributed by atoms with van der Waals surface area (Å²) in [6.07, 6.45) is 2.04. The highest BCUT2D eigenvalue weighted by atomic mass is 16.5. The van der Waals surface area contributed by atoms with E-state index in [9.17, 15) is 4.79 Å². The molecule has 0 unspecified atom stereocenters. The maximum Gasteiger partial charge on any atom is 0.356 e. The Balaban J connectivity index is 2.99. The van der Waals surface area contributed by atoms with E-state index in [-0.39, 0.29) is 5.97 Å². The number of carbonyl (C=O) groups excluding carboxylic acids is 1. The average Bonchev–Trinajstić information content (AvgIpc) is 2.20. The number of esters is 1. The molecule has 0 spiro atoms. The molecule has 1 aromatic heterocycles. The van der Waals surface area contributed by atoms with Gasteiger partial charge in [0.2, 0.25) is 0 Å². The minimum Gasteiger partial charge on any atom is -0.461 e. The first kappa shape index (κ1) is 12.4. The third-order valence-corrected chi connectivity index (χ3v) is 2.06. The molecular weight excluding hydrogens is 202 g/mol. The minimum atomic E-state index is -0.366. The number of hydrogen-bond donors (Lipinski definition) is 0. The number of ether oxygens (including phenoxy) is 1. The van der Waals surface area contributed by atoms with Crippen LogP contribution in [0.2, 0.25) is 0 Å². The first-order chi connectivity index (χ1) is 7.54. The van der Waals surface area contributed by atoms with Crippen molar-refractivity contribution < 1.29 is 9.53 Å². The molecule has 0 bridgehead atoms. The van der Waals surface area contributed by atoms with E-state index in [2.05, 4.69) is 4.98 Å². The van der Waals surface area contributed by atoms with Gasteiger partial charge in [-0.2, -0.15) is 0 Å². The van der Waals surface area contributed by atoms with Gasteiger partial charge >= 0.3 is 5.97 Å². The smallest absolute Gasteiger partial charge is 0.356 e. The topological polar surface area (TPSA) is 39.2 Å². The van der Waals surface area contributed by atoms with Gasteiger partial charge in [-0.05, 0) is 39.3 Å². The van der Waals surface area contributed by atoms with Crippen LogP contribution in [0.4, 0.5) is 0 Å². The largest absolute Gasteiger partial charge is 0.461 e. The van der Waals surface area contributed by atoms with Crippen molar-refractivity contribution in [1.29, 1.82) is 0 Å². The normalized spacial score (nSPS) is 9.75. The summed E-state index contributed by atoms with van der Waals surface area (Å²) in [4.78, 5) is 15.7. The van der Waals surface area contributed by atoms with Crippen molar-refractivity contribution >= 4 is 12.0 Å². The van der Waals surface area contributed by atoms with E-state index in [1.807, 2.05) is 32.9 Å². The lowest BCUT2D eigenvalue weighted by Gasteiger charge is -2.04. The summed E-state index contributed by atoms with van der Waals surface area (Å²) in [5.41, 5.74) is 3.44. The molecule has 0 N–H and O–H groups in total. The van der Waals surface area contributed by atoms with Gasteiger partial charge in [-0.3, -0.25) is 0 Å². The number of rotatable bonds is 3. The van der Waals surface area contributed by atoms with Crippen molar-refractivity contribution in [3.8, 4) is 0 Å². The molecule has 1 aromatic rings. The maximum absolute atomic E-state index is 11.4. The van der Waals surface area contributed by atoms with Gasteiger partial charge in [0.05, 0.1) is 6.61 Å². The van der Waals surface area contributed by atoms with Crippen molar-refractivity contribution in [2.45, 2.75) is 27.7 Å². The molecule has 0 aliphatic carbocycles. The van der Waals surface area contributed by atoms with Crippen LogP contribution in [-0.4, -0.2) is 17.6 Å². The van der Waals surface area contributed by atoms with Crippen LogP contribution in [0.3, 0.4) is 0 Å². The number of hydrogen-bond acceptors (Lipinski definition) is 3. The molecule has 0 aliphatic heterocycles. The third-order valence-electron chi connectivity index (χ3n) is 2.06. The molecule has 3 nitrogen and oxygen atoms in total. The van der Waals surface area contributed by atoms with Crippen molar-refractivity contribution in [3.05, 3.63) is 34.7 Å². The lowest BCUT2D eigenvalue weighted by Crippen LogP contribution is -2.08. The molecule has 0 aromatic carbocycles. The van der Waals surface area contributed by atoms with Crippen molar-refractivity contribution in [1.82, 2.24) is 4.98 Å². The zero-order valence-corrected chi connectivity index (χ0v) is 10.2.